The van der Waals surface area contributed by atoms with E-state index >= 15 is 0 Å². The Bertz CT molecular complexity index is 832. The predicted octanol–water partition coefficient (Wildman–Crippen LogP) is 3.24. The van der Waals surface area contributed by atoms with Gasteiger partial charge in [0.1, 0.15) is 11.6 Å². The number of aromatic nitrogens is 1. The molecular formula is C21H29FIN5O. The van der Waals surface area contributed by atoms with Gasteiger partial charge in [0.15, 0.2) is 5.96 Å². The summed E-state index contributed by atoms with van der Waals surface area (Å²) < 4.78 is 19.0. The van der Waals surface area contributed by atoms with Gasteiger partial charge in [0.2, 0.25) is 0 Å². The van der Waals surface area contributed by atoms with Crippen molar-refractivity contribution in [2.75, 3.05) is 31.6 Å². The minimum atomic E-state index is -0.186. The van der Waals surface area contributed by atoms with Crippen molar-refractivity contribution in [1.29, 1.82) is 0 Å². The second-order valence-electron chi connectivity index (χ2n) is 7.01. The Kier molecular flexibility index (Phi) is 9.09. The number of hydrogen-bond acceptors (Lipinski definition) is 4. The van der Waals surface area contributed by atoms with Gasteiger partial charge in [0.25, 0.3) is 0 Å². The summed E-state index contributed by atoms with van der Waals surface area (Å²) >= 11 is 0. The van der Waals surface area contributed by atoms with Crippen LogP contribution in [0.25, 0.3) is 0 Å². The lowest BCUT2D eigenvalue weighted by Crippen LogP contribution is -2.41. The number of morpholine rings is 1. The number of nitrogens with zero attached hydrogens (tertiary/aromatic N) is 3. The topological polar surface area (TPSA) is 61.8 Å². The van der Waals surface area contributed by atoms with Crippen molar-refractivity contribution < 1.29 is 9.13 Å². The Labute approximate surface area is 189 Å². The molecule has 6 nitrogen and oxygen atoms in total. The van der Waals surface area contributed by atoms with Crippen LogP contribution in [-0.2, 0) is 17.8 Å². The Morgan fingerprint density at radius 1 is 1.24 bits per heavy atom. The summed E-state index contributed by atoms with van der Waals surface area (Å²) in [5, 5.41) is 6.57. The summed E-state index contributed by atoms with van der Waals surface area (Å²) in [4.78, 5) is 11.0. The second-order valence-corrected chi connectivity index (χ2v) is 7.01. The lowest BCUT2D eigenvalue weighted by atomic mass is 10.1. The van der Waals surface area contributed by atoms with Gasteiger partial charge in [0.05, 0.1) is 12.7 Å². The van der Waals surface area contributed by atoms with Crippen molar-refractivity contribution >= 4 is 35.8 Å². The third-order valence-electron chi connectivity index (χ3n) is 4.74. The zero-order valence-electron chi connectivity index (χ0n) is 17.1. The average Bonchev–Trinajstić information content (AvgIpc) is 2.71. The maximum absolute atomic E-state index is 13.4. The largest absolute Gasteiger partial charge is 0.375 e. The van der Waals surface area contributed by atoms with Crippen LogP contribution in [0.15, 0.2) is 41.5 Å². The summed E-state index contributed by atoms with van der Waals surface area (Å²) in [6.07, 6.45) is 2.06. The van der Waals surface area contributed by atoms with Crippen molar-refractivity contribution in [3.63, 3.8) is 0 Å². The van der Waals surface area contributed by atoms with E-state index in [0.29, 0.717) is 24.6 Å². The van der Waals surface area contributed by atoms with Crippen LogP contribution in [0.5, 0.6) is 0 Å². The van der Waals surface area contributed by atoms with Crippen molar-refractivity contribution in [1.82, 2.24) is 15.6 Å². The Morgan fingerprint density at radius 3 is 2.62 bits per heavy atom. The zero-order chi connectivity index (χ0) is 19.9. The van der Waals surface area contributed by atoms with Crippen molar-refractivity contribution in [2.24, 2.45) is 4.99 Å². The molecule has 0 spiro atoms. The summed E-state index contributed by atoms with van der Waals surface area (Å²) in [5.41, 5.74) is 2.78. The standard InChI is InChI=1S/C21H28FN5O.HI/c1-15-10-17(4-5-19(15)22)12-25-21(23-3)26-13-18-6-7-24-20(11-18)27-8-9-28-16(2)14-27;/h4-7,10-11,16H,8-9,12-14H2,1-3H3,(H2,23,25,26);1H. The first-order chi connectivity index (χ1) is 13.5. The van der Waals surface area contributed by atoms with Crippen LogP contribution in [0.3, 0.4) is 0 Å². The molecule has 1 saturated heterocycles. The number of anilines is 1. The lowest BCUT2D eigenvalue weighted by molar-refractivity contribution is 0.0529. The minimum absolute atomic E-state index is 0. The second kappa shape index (κ2) is 11.3. The predicted molar refractivity (Wildman–Crippen MR) is 125 cm³/mol. The quantitative estimate of drug-likeness (QED) is 0.366. The molecule has 8 heteroatoms. The number of aryl methyl sites for hydroxylation is 1. The summed E-state index contributed by atoms with van der Waals surface area (Å²) in [5.74, 6) is 1.48. The van der Waals surface area contributed by atoms with Gasteiger partial charge in [-0.05, 0) is 48.7 Å². The van der Waals surface area contributed by atoms with E-state index in [1.54, 1.807) is 20.0 Å². The van der Waals surface area contributed by atoms with Crippen molar-refractivity contribution in [3.05, 3.63) is 59.0 Å². The molecule has 1 unspecified atom stereocenters. The first-order valence-corrected chi connectivity index (χ1v) is 9.56. The summed E-state index contributed by atoms with van der Waals surface area (Å²) in [6.45, 7) is 7.49. The number of rotatable bonds is 5. The lowest BCUT2D eigenvalue weighted by Gasteiger charge is -2.32. The van der Waals surface area contributed by atoms with Gasteiger partial charge < -0.3 is 20.3 Å². The minimum Gasteiger partial charge on any atom is -0.375 e. The van der Waals surface area contributed by atoms with Gasteiger partial charge in [-0.15, -0.1) is 24.0 Å². The summed E-state index contributed by atoms with van der Waals surface area (Å²) in [6, 6.07) is 9.21. The van der Waals surface area contributed by atoms with E-state index < -0.39 is 0 Å². The van der Waals surface area contributed by atoms with Crippen LogP contribution >= 0.6 is 24.0 Å². The zero-order valence-corrected chi connectivity index (χ0v) is 19.4. The number of ether oxygens (including phenoxy) is 1. The molecule has 29 heavy (non-hydrogen) atoms. The highest BCUT2D eigenvalue weighted by molar-refractivity contribution is 14.0. The maximum Gasteiger partial charge on any atom is 0.191 e. The molecule has 1 atom stereocenters. The molecule has 0 amide bonds. The van der Waals surface area contributed by atoms with Gasteiger partial charge in [0, 0.05) is 39.4 Å². The third-order valence-corrected chi connectivity index (χ3v) is 4.74. The molecule has 0 radical (unpaired) electrons. The molecule has 1 fully saturated rings. The van der Waals surface area contributed by atoms with Gasteiger partial charge in [-0.2, -0.15) is 0 Å². The first kappa shape index (κ1) is 23.3. The highest BCUT2D eigenvalue weighted by atomic mass is 127. The van der Waals surface area contributed by atoms with Gasteiger partial charge in [-0.1, -0.05) is 12.1 Å². The van der Waals surface area contributed by atoms with E-state index in [9.17, 15) is 4.39 Å². The Morgan fingerprint density at radius 2 is 1.97 bits per heavy atom. The molecule has 1 aromatic carbocycles. The first-order valence-electron chi connectivity index (χ1n) is 9.56. The van der Waals surface area contributed by atoms with E-state index in [1.807, 2.05) is 18.3 Å². The maximum atomic E-state index is 13.4. The smallest absolute Gasteiger partial charge is 0.191 e. The molecular weight excluding hydrogens is 484 g/mol. The molecule has 0 bridgehead atoms. The molecule has 1 aliphatic rings. The fourth-order valence-corrected chi connectivity index (χ4v) is 3.18. The van der Waals surface area contributed by atoms with Crippen LogP contribution in [0.1, 0.15) is 23.6 Å². The van der Waals surface area contributed by atoms with Crippen LogP contribution in [-0.4, -0.2) is 43.8 Å². The molecule has 2 aromatic rings. The van der Waals surface area contributed by atoms with E-state index in [0.717, 1.165) is 36.6 Å². The molecule has 1 aliphatic heterocycles. The van der Waals surface area contributed by atoms with Crippen molar-refractivity contribution in [3.8, 4) is 0 Å². The number of aliphatic imine (C=N–C) groups is 1. The number of benzene rings is 1. The van der Waals surface area contributed by atoms with Gasteiger partial charge in [-0.25, -0.2) is 9.37 Å². The highest BCUT2D eigenvalue weighted by Crippen LogP contribution is 2.16. The molecule has 2 N–H and O–H groups in total. The SMILES string of the molecule is CN=C(NCc1ccnc(N2CCOC(C)C2)c1)NCc1ccc(F)c(C)c1.I. The number of pyridine rings is 1. The van der Waals surface area contributed by atoms with E-state index in [1.165, 1.54) is 6.07 Å². The van der Waals surface area contributed by atoms with Gasteiger partial charge in [-0.3, -0.25) is 4.99 Å². The Balaban J connectivity index is 0.00000300. The number of guanidine groups is 1. The van der Waals surface area contributed by atoms with E-state index in [4.69, 9.17) is 4.74 Å². The fourth-order valence-electron chi connectivity index (χ4n) is 3.18. The molecule has 3 rings (SSSR count). The fraction of sp³-hybridized carbons (Fsp3) is 0.429. The summed E-state index contributed by atoms with van der Waals surface area (Å²) in [7, 11) is 1.73. The molecule has 0 aliphatic carbocycles. The van der Waals surface area contributed by atoms with Crippen LogP contribution < -0.4 is 15.5 Å². The number of halogens is 2. The van der Waals surface area contributed by atoms with E-state index in [-0.39, 0.29) is 35.9 Å². The average molecular weight is 513 g/mol. The van der Waals surface area contributed by atoms with Crippen LogP contribution in [0.2, 0.25) is 0 Å². The number of hydrogen-bond donors (Lipinski definition) is 2. The Hall–Kier alpha value is -1.94. The molecule has 0 saturated carbocycles. The van der Waals surface area contributed by atoms with E-state index in [2.05, 4.69) is 38.5 Å². The third kappa shape index (κ3) is 6.81. The highest BCUT2D eigenvalue weighted by Gasteiger charge is 2.18. The van der Waals surface area contributed by atoms with Crippen LogP contribution in [0, 0.1) is 12.7 Å². The number of nitrogens with one attached hydrogen (secondary N) is 2. The molecule has 1 aromatic heterocycles. The monoisotopic (exact) mass is 513 g/mol. The molecule has 158 valence electrons. The normalized spacial score (nSPS) is 16.9. The van der Waals surface area contributed by atoms with Crippen molar-refractivity contribution in [2.45, 2.75) is 33.0 Å². The molecule has 2 heterocycles. The van der Waals surface area contributed by atoms with Crippen LogP contribution in [0.4, 0.5) is 10.2 Å². The van der Waals surface area contributed by atoms with Gasteiger partial charge >= 0.3 is 0 Å².